The smallest absolute Gasteiger partial charge is 0.230 e. The van der Waals surface area contributed by atoms with E-state index < -0.39 is 9.04 Å². The van der Waals surface area contributed by atoms with Gasteiger partial charge >= 0.3 is 0 Å². The Kier molecular flexibility index (Phi) is 5.90. The summed E-state index contributed by atoms with van der Waals surface area (Å²) in [6, 6.07) is 9.87. The van der Waals surface area contributed by atoms with Gasteiger partial charge in [-0.2, -0.15) is 0 Å². The first-order valence-electron chi connectivity index (χ1n) is 8.68. The van der Waals surface area contributed by atoms with Gasteiger partial charge in [0.15, 0.2) is 9.04 Å². The van der Waals surface area contributed by atoms with Crippen molar-refractivity contribution in [1.82, 2.24) is 4.90 Å². The van der Waals surface area contributed by atoms with E-state index in [2.05, 4.69) is 39.8 Å². The summed E-state index contributed by atoms with van der Waals surface area (Å²) in [6.07, 6.45) is 5.79. The molecule has 1 aromatic carbocycles. The number of carbonyl (C=O) groups excluding carboxylic acids is 1. The fraction of sp³-hybridized carbons (Fsp3) is 0.550. The first-order chi connectivity index (χ1) is 11.3. The Morgan fingerprint density at radius 2 is 1.92 bits per heavy atom. The van der Waals surface area contributed by atoms with Gasteiger partial charge in [0.2, 0.25) is 5.91 Å². The van der Waals surface area contributed by atoms with Crippen molar-refractivity contribution in [3.63, 3.8) is 0 Å². The van der Waals surface area contributed by atoms with Crippen molar-refractivity contribution >= 4 is 14.9 Å². The molecule has 0 aromatic heterocycles. The second-order valence-electron chi connectivity index (χ2n) is 7.94. The number of rotatable bonds is 6. The highest BCUT2D eigenvalue weighted by Crippen LogP contribution is 2.42. The van der Waals surface area contributed by atoms with Crippen molar-refractivity contribution in [3.05, 3.63) is 35.9 Å². The minimum Gasteiger partial charge on any atom is -0.420 e. The number of terminal acetylenes is 1. The van der Waals surface area contributed by atoms with Gasteiger partial charge < -0.3 is 9.33 Å². The number of hydrogen-bond donors (Lipinski definition) is 0. The van der Waals surface area contributed by atoms with Gasteiger partial charge in [-0.3, -0.25) is 4.79 Å². The number of β-lactam (4-membered cyclic amide) rings is 1. The van der Waals surface area contributed by atoms with Crippen LogP contribution in [0.15, 0.2) is 30.3 Å². The summed E-state index contributed by atoms with van der Waals surface area (Å²) in [5.41, 5.74) is 1.10. The molecular formula is C20H29NO2Si. The van der Waals surface area contributed by atoms with Crippen LogP contribution in [-0.4, -0.2) is 32.5 Å². The Bertz CT molecular complexity index is 600. The number of carbonyl (C=O) groups is 1. The molecule has 0 spiro atoms. The average molecular weight is 344 g/mol. The molecule has 1 aliphatic rings. The summed E-state index contributed by atoms with van der Waals surface area (Å²) >= 11 is 0. The summed E-state index contributed by atoms with van der Waals surface area (Å²) in [7, 11) is -1.12. The lowest BCUT2D eigenvalue weighted by Crippen LogP contribution is -2.64. The Balaban J connectivity index is 2.15. The van der Waals surface area contributed by atoms with Gasteiger partial charge in [-0.25, -0.2) is 0 Å². The second-order valence-corrected chi connectivity index (χ2v) is 10.4. The van der Waals surface area contributed by atoms with E-state index in [9.17, 15) is 4.79 Å². The molecule has 1 aliphatic heterocycles. The maximum atomic E-state index is 12.9. The lowest BCUT2D eigenvalue weighted by atomic mass is 9.66. The first-order valence-corrected chi connectivity index (χ1v) is 11.5. The zero-order chi connectivity index (χ0) is 17.9. The zero-order valence-electron chi connectivity index (χ0n) is 15.5. The van der Waals surface area contributed by atoms with Gasteiger partial charge in [-0.1, -0.05) is 57.0 Å². The molecule has 130 valence electrons. The predicted octanol–water partition coefficient (Wildman–Crippen LogP) is 3.31. The largest absolute Gasteiger partial charge is 0.420 e. The Morgan fingerprint density at radius 1 is 1.29 bits per heavy atom. The summed E-state index contributed by atoms with van der Waals surface area (Å²) in [6.45, 7) is 12.0. The molecule has 0 saturated carbocycles. The van der Waals surface area contributed by atoms with Crippen molar-refractivity contribution in [2.24, 2.45) is 17.3 Å². The summed E-state index contributed by atoms with van der Waals surface area (Å²) in [5, 5.41) is 0. The number of amides is 1. The van der Waals surface area contributed by atoms with Crippen LogP contribution in [0.2, 0.25) is 13.1 Å². The molecule has 1 amide bonds. The van der Waals surface area contributed by atoms with Gasteiger partial charge in [-0.15, -0.1) is 6.42 Å². The molecule has 0 N–H and O–H groups in total. The lowest BCUT2D eigenvalue weighted by Gasteiger charge is -2.51. The highest BCUT2D eigenvalue weighted by atomic mass is 28.3. The topological polar surface area (TPSA) is 29.5 Å². The van der Waals surface area contributed by atoms with E-state index in [-0.39, 0.29) is 29.2 Å². The minimum atomic E-state index is -1.12. The third-order valence-electron chi connectivity index (χ3n) is 4.77. The number of likely N-dealkylation sites (tertiary alicyclic amines) is 1. The van der Waals surface area contributed by atoms with Crippen LogP contribution in [0.5, 0.6) is 0 Å². The van der Waals surface area contributed by atoms with E-state index in [0.717, 1.165) is 5.56 Å². The SMILES string of the molecule is C#C[C@@H]1[C@H]([C@@H](CO[SiH](C)C)C(C)(C)C)C(=O)N1Cc1ccccc1. The molecule has 1 fully saturated rings. The van der Waals surface area contributed by atoms with E-state index >= 15 is 0 Å². The normalized spacial score (nSPS) is 22.2. The van der Waals surface area contributed by atoms with Crippen LogP contribution in [0.3, 0.4) is 0 Å². The molecule has 3 nitrogen and oxygen atoms in total. The average Bonchev–Trinajstić information content (AvgIpc) is 2.52. The highest BCUT2D eigenvalue weighted by molar-refractivity contribution is 6.48. The van der Waals surface area contributed by atoms with Crippen molar-refractivity contribution in [2.75, 3.05) is 6.61 Å². The lowest BCUT2D eigenvalue weighted by molar-refractivity contribution is -0.162. The molecule has 1 saturated heterocycles. The van der Waals surface area contributed by atoms with Crippen LogP contribution in [0.25, 0.3) is 0 Å². The van der Waals surface area contributed by atoms with Gasteiger partial charge in [0, 0.05) is 19.1 Å². The van der Waals surface area contributed by atoms with Crippen molar-refractivity contribution in [1.29, 1.82) is 0 Å². The van der Waals surface area contributed by atoms with Crippen LogP contribution in [0.4, 0.5) is 0 Å². The van der Waals surface area contributed by atoms with Crippen LogP contribution >= 0.6 is 0 Å². The van der Waals surface area contributed by atoms with Gasteiger partial charge in [0.25, 0.3) is 0 Å². The highest BCUT2D eigenvalue weighted by Gasteiger charge is 2.52. The van der Waals surface area contributed by atoms with Crippen molar-refractivity contribution < 1.29 is 9.22 Å². The Hall–Kier alpha value is -1.57. The molecule has 2 rings (SSSR count). The van der Waals surface area contributed by atoms with Crippen LogP contribution in [0, 0.1) is 29.6 Å². The van der Waals surface area contributed by atoms with E-state index in [0.29, 0.717) is 13.2 Å². The van der Waals surface area contributed by atoms with Gasteiger partial charge in [0.05, 0.1) is 5.92 Å². The van der Waals surface area contributed by atoms with Crippen LogP contribution in [-0.2, 0) is 15.8 Å². The number of hydrogen-bond acceptors (Lipinski definition) is 2. The van der Waals surface area contributed by atoms with Gasteiger partial charge in [-0.05, 0) is 24.1 Å². The monoisotopic (exact) mass is 343 g/mol. The fourth-order valence-electron chi connectivity index (χ4n) is 3.31. The zero-order valence-corrected chi connectivity index (χ0v) is 16.6. The first kappa shape index (κ1) is 18.8. The quantitative estimate of drug-likeness (QED) is 0.450. The Labute approximate surface area is 148 Å². The van der Waals surface area contributed by atoms with Crippen LogP contribution in [0.1, 0.15) is 26.3 Å². The third kappa shape index (κ3) is 4.09. The van der Waals surface area contributed by atoms with E-state index in [1.807, 2.05) is 35.2 Å². The Morgan fingerprint density at radius 3 is 2.42 bits per heavy atom. The van der Waals surface area contributed by atoms with E-state index in [4.69, 9.17) is 10.8 Å². The maximum Gasteiger partial charge on any atom is 0.230 e. The van der Waals surface area contributed by atoms with Gasteiger partial charge in [0.1, 0.15) is 6.04 Å². The molecule has 0 aliphatic carbocycles. The summed E-state index contributed by atoms with van der Waals surface area (Å²) in [5.74, 6) is 3.03. The molecule has 0 bridgehead atoms. The van der Waals surface area contributed by atoms with E-state index in [1.54, 1.807) is 0 Å². The standard InChI is InChI=1S/C20H29NO2Si/c1-7-17-18(16(20(2,3)4)14-23-24(5)6)19(22)21(17)13-15-11-9-8-10-12-15/h1,8-12,16-18,24H,13-14H2,2-6H3/t16-,17-,18+/m1/s1. The minimum absolute atomic E-state index is 0.0163. The molecule has 1 heterocycles. The van der Waals surface area contributed by atoms with Crippen molar-refractivity contribution in [2.45, 2.75) is 46.5 Å². The summed E-state index contributed by atoms with van der Waals surface area (Å²) < 4.78 is 5.98. The molecule has 3 atom stereocenters. The third-order valence-corrected chi connectivity index (χ3v) is 5.62. The molecule has 4 heteroatoms. The second kappa shape index (κ2) is 7.54. The summed E-state index contributed by atoms with van der Waals surface area (Å²) in [4.78, 5) is 14.7. The fourth-order valence-corrected chi connectivity index (χ4v) is 3.90. The number of nitrogens with zero attached hydrogens (tertiary/aromatic N) is 1. The molecular weight excluding hydrogens is 314 g/mol. The molecule has 24 heavy (non-hydrogen) atoms. The maximum absolute atomic E-state index is 12.9. The predicted molar refractivity (Wildman–Crippen MR) is 101 cm³/mol. The van der Waals surface area contributed by atoms with Crippen LogP contribution < -0.4 is 0 Å². The molecule has 0 radical (unpaired) electrons. The molecule has 0 unspecified atom stereocenters. The number of benzene rings is 1. The van der Waals surface area contributed by atoms with Crippen molar-refractivity contribution in [3.8, 4) is 12.3 Å². The molecule has 1 aromatic rings. The van der Waals surface area contributed by atoms with E-state index in [1.165, 1.54) is 0 Å².